The first-order chi connectivity index (χ1) is 9.08. The highest BCUT2D eigenvalue weighted by Gasteiger charge is 2.13. The summed E-state index contributed by atoms with van der Waals surface area (Å²) >= 11 is 11.9. The van der Waals surface area contributed by atoms with E-state index in [-0.39, 0.29) is 29.2 Å². The van der Waals surface area contributed by atoms with Crippen molar-refractivity contribution in [2.24, 2.45) is 0 Å². The summed E-state index contributed by atoms with van der Waals surface area (Å²) in [6.45, 7) is 0. The van der Waals surface area contributed by atoms with E-state index in [9.17, 15) is 9.18 Å². The van der Waals surface area contributed by atoms with Crippen molar-refractivity contribution < 1.29 is 9.18 Å². The fourth-order valence-corrected chi connectivity index (χ4v) is 2.25. The minimum absolute atomic E-state index is 0.0310. The molecule has 0 amide bonds. The summed E-state index contributed by atoms with van der Waals surface area (Å²) < 4.78 is 13.6. The second-order valence-electron chi connectivity index (χ2n) is 4.18. The quantitative estimate of drug-likeness (QED) is 0.812. The minimum Gasteiger partial charge on any atom is -0.299 e. The van der Waals surface area contributed by atoms with Crippen LogP contribution < -0.4 is 0 Å². The molecule has 0 saturated carbocycles. The second-order valence-corrected chi connectivity index (χ2v) is 5.00. The zero-order valence-corrected chi connectivity index (χ0v) is 11.5. The van der Waals surface area contributed by atoms with Crippen LogP contribution >= 0.6 is 23.2 Å². The van der Waals surface area contributed by atoms with Gasteiger partial charge in [-0.2, -0.15) is 0 Å². The van der Waals surface area contributed by atoms with Gasteiger partial charge >= 0.3 is 0 Å². The molecule has 0 spiro atoms. The van der Waals surface area contributed by atoms with Gasteiger partial charge in [-0.25, -0.2) is 4.39 Å². The van der Waals surface area contributed by atoms with Crippen molar-refractivity contribution in [1.29, 1.82) is 0 Å². The van der Waals surface area contributed by atoms with E-state index < -0.39 is 5.82 Å². The van der Waals surface area contributed by atoms with Gasteiger partial charge in [-0.05, 0) is 23.8 Å². The molecule has 0 radical (unpaired) electrons. The highest BCUT2D eigenvalue weighted by molar-refractivity contribution is 6.32. The second kappa shape index (κ2) is 6.18. The van der Waals surface area contributed by atoms with Crippen molar-refractivity contribution in [2.45, 2.75) is 12.8 Å². The Morgan fingerprint density at radius 2 is 1.63 bits per heavy atom. The number of hydrogen-bond acceptors (Lipinski definition) is 1. The first kappa shape index (κ1) is 14.0. The lowest BCUT2D eigenvalue weighted by atomic mass is 10.0. The zero-order valence-electron chi connectivity index (χ0n) is 10.00. The van der Waals surface area contributed by atoms with Crippen LogP contribution in [0.2, 0.25) is 10.0 Å². The lowest BCUT2D eigenvalue weighted by Gasteiger charge is -2.06. The third kappa shape index (κ3) is 3.55. The number of Topliss-reactive ketones (excluding diaryl/α,β-unsaturated/α-hetero) is 1. The average molecular weight is 297 g/mol. The fourth-order valence-electron chi connectivity index (χ4n) is 1.82. The topological polar surface area (TPSA) is 17.1 Å². The van der Waals surface area contributed by atoms with E-state index in [0.717, 1.165) is 5.56 Å². The Morgan fingerprint density at radius 1 is 0.947 bits per heavy atom. The van der Waals surface area contributed by atoms with Gasteiger partial charge in [0.1, 0.15) is 11.6 Å². The Hall–Kier alpha value is -1.38. The van der Waals surface area contributed by atoms with Crippen LogP contribution in [0.1, 0.15) is 11.1 Å². The highest BCUT2D eigenvalue weighted by Crippen LogP contribution is 2.21. The van der Waals surface area contributed by atoms with E-state index in [1.807, 2.05) is 6.07 Å². The molecule has 4 heteroatoms. The van der Waals surface area contributed by atoms with Crippen LogP contribution in [0.25, 0.3) is 0 Å². The van der Waals surface area contributed by atoms with E-state index in [1.54, 1.807) is 24.3 Å². The summed E-state index contributed by atoms with van der Waals surface area (Å²) in [7, 11) is 0. The first-order valence-electron chi connectivity index (χ1n) is 5.76. The molecule has 0 aliphatic heterocycles. The Bertz CT molecular complexity index is 591. The molecule has 0 unspecified atom stereocenters. The van der Waals surface area contributed by atoms with Crippen molar-refractivity contribution in [3.8, 4) is 0 Å². The maximum absolute atomic E-state index is 13.6. The summed E-state index contributed by atoms with van der Waals surface area (Å²) in [6, 6.07) is 11.5. The molecule has 0 atom stereocenters. The molecule has 0 aromatic heterocycles. The summed E-state index contributed by atoms with van der Waals surface area (Å²) in [5.41, 5.74) is 0.975. The van der Waals surface area contributed by atoms with Gasteiger partial charge < -0.3 is 0 Å². The molecule has 1 nitrogen and oxygen atoms in total. The van der Waals surface area contributed by atoms with Gasteiger partial charge in [0.15, 0.2) is 0 Å². The predicted molar refractivity (Wildman–Crippen MR) is 75.3 cm³/mol. The third-order valence-corrected chi connectivity index (χ3v) is 3.50. The zero-order chi connectivity index (χ0) is 13.8. The van der Waals surface area contributed by atoms with Crippen LogP contribution in [0.5, 0.6) is 0 Å². The maximum Gasteiger partial charge on any atom is 0.141 e. The highest BCUT2D eigenvalue weighted by atomic mass is 35.5. The van der Waals surface area contributed by atoms with Crippen molar-refractivity contribution >= 4 is 29.0 Å². The molecule has 98 valence electrons. The van der Waals surface area contributed by atoms with Crippen LogP contribution in [0, 0.1) is 5.82 Å². The van der Waals surface area contributed by atoms with Gasteiger partial charge in [0, 0.05) is 28.5 Å². The summed E-state index contributed by atoms with van der Waals surface area (Å²) in [4.78, 5) is 12.0. The molecular formula is C15H11Cl2FO. The number of benzene rings is 2. The van der Waals surface area contributed by atoms with Gasteiger partial charge in [0.2, 0.25) is 0 Å². The molecule has 0 bridgehead atoms. The predicted octanol–water partition coefficient (Wildman–Crippen LogP) is 4.49. The Labute approximate surface area is 121 Å². The maximum atomic E-state index is 13.6. The van der Waals surface area contributed by atoms with E-state index in [4.69, 9.17) is 23.2 Å². The Kier molecular flexibility index (Phi) is 4.56. The number of carbonyl (C=O) groups excluding carboxylic acids is 1. The van der Waals surface area contributed by atoms with Gasteiger partial charge in [0.05, 0.1) is 0 Å². The van der Waals surface area contributed by atoms with E-state index >= 15 is 0 Å². The summed E-state index contributed by atoms with van der Waals surface area (Å²) in [6.07, 6.45) is 0.140. The van der Waals surface area contributed by atoms with E-state index in [2.05, 4.69) is 0 Å². The third-order valence-electron chi connectivity index (χ3n) is 2.78. The lowest BCUT2D eigenvalue weighted by molar-refractivity contribution is -0.117. The molecule has 2 rings (SSSR count). The minimum atomic E-state index is -0.458. The van der Waals surface area contributed by atoms with Crippen molar-refractivity contribution in [3.63, 3.8) is 0 Å². The molecule has 0 heterocycles. The van der Waals surface area contributed by atoms with Gasteiger partial charge in [0.25, 0.3) is 0 Å². The Balaban J connectivity index is 2.12. The van der Waals surface area contributed by atoms with Gasteiger partial charge in [-0.15, -0.1) is 0 Å². The van der Waals surface area contributed by atoms with Crippen LogP contribution in [0.15, 0.2) is 42.5 Å². The summed E-state index contributed by atoms with van der Waals surface area (Å²) in [5, 5.41) is 0.808. The first-order valence-corrected chi connectivity index (χ1v) is 6.51. The molecule has 0 aliphatic carbocycles. The number of halogens is 3. The van der Waals surface area contributed by atoms with Crippen molar-refractivity contribution in [3.05, 3.63) is 69.5 Å². The lowest BCUT2D eigenvalue weighted by Crippen LogP contribution is -2.08. The van der Waals surface area contributed by atoms with Gasteiger partial charge in [-0.1, -0.05) is 47.5 Å². The van der Waals surface area contributed by atoms with Crippen LogP contribution in [-0.4, -0.2) is 5.78 Å². The number of carbonyl (C=O) groups is 1. The van der Waals surface area contributed by atoms with Crippen LogP contribution in [-0.2, 0) is 17.6 Å². The van der Waals surface area contributed by atoms with Crippen molar-refractivity contribution in [2.75, 3.05) is 0 Å². The monoisotopic (exact) mass is 296 g/mol. The number of ketones is 1. The molecule has 0 N–H and O–H groups in total. The molecule has 2 aromatic rings. The van der Waals surface area contributed by atoms with E-state index in [0.29, 0.717) is 5.02 Å². The van der Waals surface area contributed by atoms with Crippen LogP contribution in [0.4, 0.5) is 4.39 Å². The summed E-state index contributed by atoms with van der Waals surface area (Å²) in [5.74, 6) is -0.583. The Morgan fingerprint density at radius 3 is 2.32 bits per heavy atom. The average Bonchev–Trinajstić information content (AvgIpc) is 2.37. The molecule has 0 aliphatic rings. The van der Waals surface area contributed by atoms with Crippen molar-refractivity contribution in [1.82, 2.24) is 0 Å². The molecule has 0 fully saturated rings. The number of rotatable bonds is 4. The van der Waals surface area contributed by atoms with E-state index in [1.165, 1.54) is 12.1 Å². The molecular weight excluding hydrogens is 286 g/mol. The SMILES string of the molecule is O=C(Cc1ccccc1Cl)Cc1c(F)cccc1Cl. The molecule has 19 heavy (non-hydrogen) atoms. The van der Waals surface area contributed by atoms with Crippen LogP contribution in [0.3, 0.4) is 0 Å². The standard InChI is InChI=1S/C15H11Cl2FO/c16-13-5-2-1-4-10(13)8-11(19)9-12-14(17)6-3-7-15(12)18/h1-7H,8-9H2. The number of hydrogen-bond donors (Lipinski definition) is 0. The largest absolute Gasteiger partial charge is 0.299 e. The van der Waals surface area contributed by atoms with Gasteiger partial charge in [-0.3, -0.25) is 4.79 Å². The fraction of sp³-hybridized carbons (Fsp3) is 0.133. The molecule has 2 aromatic carbocycles. The smallest absolute Gasteiger partial charge is 0.141 e. The molecule has 0 saturated heterocycles. The normalized spacial score (nSPS) is 10.5.